The third kappa shape index (κ3) is 3.47. The quantitative estimate of drug-likeness (QED) is 0.817. The molecule has 0 bridgehead atoms. The van der Waals surface area contributed by atoms with Crippen LogP contribution >= 0.6 is 12.2 Å². The lowest BCUT2D eigenvalue weighted by atomic mass is 10.2. The standard InChI is InChI=1S/C11H17N3O2S2/c1-8(2)7-14(3)18(15,16)9-4-5-10(11(12)17)13-6-9/h4-6,8H,7H2,1-3H3,(H2,12,17). The van der Waals surface area contributed by atoms with E-state index in [0.717, 1.165) is 0 Å². The second-order valence-electron chi connectivity index (χ2n) is 4.42. The SMILES string of the molecule is CC(C)CN(C)S(=O)(=O)c1ccc(C(N)=S)nc1. The number of aromatic nitrogens is 1. The minimum Gasteiger partial charge on any atom is -0.388 e. The first-order valence-corrected chi connectivity index (χ1v) is 7.32. The smallest absolute Gasteiger partial charge is 0.244 e. The van der Waals surface area contributed by atoms with Gasteiger partial charge in [-0.05, 0) is 18.1 Å². The molecule has 1 rings (SSSR count). The minimum absolute atomic E-state index is 0.144. The Labute approximate surface area is 113 Å². The summed E-state index contributed by atoms with van der Waals surface area (Å²) in [4.78, 5) is 4.23. The number of nitrogens with zero attached hydrogens (tertiary/aromatic N) is 2. The van der Waals surface area contributed by atoms with Crippen LogP contribution in [0.15, 0.2) is 23.2 Å². The van der Waals surface area contributed by atoms with Gasteiger partial charge in [-0.2, -0.15) is 0 Å². The van der Waals surface area contributed by atoms with Gasteiger partial charge in [0.05, 0.1) is 5.69 Å². The van der Waals surface area contributed by atoms with E-state index in [-0.39, 0.29) is 15.8 Å². The predicted molar refractivity (Wildman–Crippen MR) is 74.8 cm³/mol. The minimum atomic E-state index is -3.49. The lowest BCUT2D eigenvalue weighted by Crippen LogP contribution is -2.30. The van der Waals surface area contributed by atoms with Gasteiger partial charge in [0, 0.05) is 19.8 Å². The average molecular weight is 287 g/mol. The summed E-state index contributed by atoms with van der Waals surface area (Å²) in [6.45, 7) is 4.37. The molecule has 0 aliphatic heterocycles. The molecule has 5 nitrogen and oxygen atoms in total. The van der Waals surface area contributed by atoms with Crippen molar-refractivity contribution in [2.24, 2.45) is 11.7 Å². The van der Waals surface area contributed by atoms with E-state index in [1.807, 2.05) is 13.8 Å². The van der Waals surface area contributed by atoms with Crippen LogP contribution in [-0.2, 0) is 10.0 Å². The van der Waals surface area contributed by atoms with E-state index < -0.39 is 10.0 Å². The summed E-state index contributed by atoms with van der Waals surface area (Å²) in [7, 11) is -1.94. The molecule has 0 unspecified atom stereocenters. The van der Waals surface area contributed by atoms with Gasteiger partial charge in [-0.3, -0.25) is 4.98 Å². The number of hydrogen-bond donors (Lipinski definition) is 1. The highest BCUT2D eigenvalue weighted by molar-refractivity contribution is 7.89. The van der Waals surface area contributed by atoms with Crippen molar-refractivity contribution in [2.75, 3.05) is 13.6 Å². The molecule has 0 amide bonds. The Morgan fingerprint density at radius 2 is 2.11 bits per heavy atom. The molecule has 0 radical (unpaired) electrons. The van der Waals surface area contributed by atoms with E-state index in [0.29, 0.717) is 12.2 Å². The van der Waals surface area contributed by atoms with Crippen LogP contribution in [0.1, 0.15) is 19.5 Å². The number of rotatable bonds is 5. The van der Waals surface area contributed by atoms with Gasteiger partial charge in [0.1, 0.15) is 9.88 Å². The molecule has 7 heteroatoms. The van der Waals surface area contributed by atoms with Crippen molar-refractivity contribution < 1.29 is 8.42 Å². The molecule has 0 aliphatic carbocycles. The molecule has 0 fully saturated rings. The molecule has 0 saturated carbocycles. The molecular formula is C11H17N3O2S2. The zero-order chi connectivity index (χ0) is 13.9. The van der Waals surface area contributed by atoms with Crippen LogP contribution in [-0.4, -0.2) is 36.3 Å². The summed E-state index contributed by atoms with van der Waals surface area (Å²) in [6, 6.07) is 2.98. The van der Waals surface area contributed by atoms with Crippen molar-refractivity contribution in [3.05, 3.63) is 24.0 Å². The number of hydrogen-bond acceptors (Lipinski definition) is 4. The lowest BCUT2D eigenvalue weighted by molar-refractivity contribution is 0.417. The summed E-state index contributed by atoms with van der Waals surface area (Å²) in [6.07, 6.45) is 1.28. The van der Waals surface area contributed by atoms with Crippen LogP contribution in [0.2, 0.25) is 0 Å². The predicted octanol–water partition coefficient (Wildman–Crippen LogP) is 0.992. The van der Waals surface area contributed by atoms with Crippen molar-refractivity contribution in [1.82, 2.24) is 9.29 Å². The summed E-state index contributed by atoms with van der Waals surface area (Å²) in [5.41, 5.74) is 5.82. The van der Waals surface area contributed by atoms with E-state index >= 15 is 0 Å². The Kier molecular flexibility index (Phi) is 4.78. The first kappa shape index (κ1) is 15.0. The Morgan fingerprint density at radius 3 is 2.50 bits per heavy atom. The van der Waals surface area contributed by atoms with Crippen LogP contribution in [0.4, 0.5) is 0 Å². The van der Waals surface area contributed by atoms with Gasteiger partial charge in [-0.15, -0.1) is 0 Å². The summed E-state index contributed by atoms with van der Waals surface area (Å²) < 4.78 is 25.7. The van der Waals surface area contributed by atoms with Crippen LogP contribution in [0.5, 0.6) is 0 Å². The second kappa shape index (κ2) is 5.73. The normalized spacial score (nSPS) is 12.1. The summed E-state index contributed by atoms with van der Waals surface area (Å²) in [5, 5.41) is 0. The number of sulfonamides is 1. The van der Waals surface area contributed by atoms with E-state index in [4.69, 9.17) is 18.0 Å². The molecule has 0 spiro atoms. The van der Waals surface area contributed by atoms with Gasteiger partial charge in [-0.1, -0.05) is 26.1 Å². The molecule has 1 aromatic rings. The van der Waals surface area contributed by atoms with Crippen LogP contribution < -0.4 is 5.73 Å². The topological polar surface area (TPSA) is 76.3 Å². The molecule has 0 atom stereocenters. The number of nitrogens with two attached hydrogens (primary N) is 1. The first-order chi connectivity index (χ1) is 8.25. The van der Waals surface area contributed by atoms with Gasteiger partial charge < -0.3 is 5.73 Å². The molecule has 1 heterocycles. The Hall–Kier alpha value is -1.05. The van der Waals surface area contributed by atoms with E-state index in [2.05, 4.69) is 4.98 Å². The zero-order valence-corrected chi connectivity index (χ0v) is 12.3. The highest BCUT2D eigenvalue weighted by Crippen LogP contribution is 2.14. The van der Waals surface area contributed by atoms with Crippen LogP contribution in [0, 0.1) is 5.92 Å². The van der Waals surface area contributed by atoms with Crippen molar-refractivity contribution in [2.45, 2.75) is 18.7 Å². The summed E-state index contributed by atoms with van der Waals surface area (Å²) in [5.74, 6) is 0.258. The highest BCUT2D eigenvalue weighted by atomic mass is 32.2. The molecule has 2 N–H and O–H groups in total. The molecule has 0 saturated heterocycles. The third-order valence-corrected chi connectivity index (χ3v) is 4.34. The van der Waals surface area contributed by atoms with Crippen LogP contribution in [0.25, 0.3) is 0 Å². The maximum atomic E-state index is 12.2. The fraction of sp³-hybridized carbons (Fsp3) is 0.455. The van der Waals surface area contributed by atoms with Gasteiger partial charge >= 0.3 is 0 Å². The van der Waals surface area contributed by atoms with Crippen molar-refractivity contribution in [1.29, 1.82) is 0 Å². The second-order valence-corrected chi connectivity index (χ2v) is 6.91. The summed E-state index contributed by atoms with van der Waals surface area (Å²) >= 11 is 4.76. The van der Waals surface area contributed by atoms with Gasteiger partial charge in [-0.25, -0.2) is 12.7 Å². The van der Waals surface area contributed by atoms with Gasteiger partial charge in [0.25, 0.3) is 0 Å². The first-order valence-electron chi connectivity index (χ1n) is 5.47. The van der Waals surface area contributed by atoms with Crippen molar-refractivity contribution in [3.63, 3.8) is 0 Å². The van der Waals surface area contributed by atoms with Crippen molar-refractivity contribution in [3.8, 4) is 0 Å². The lowest BCUT2D eigenvalue weighted by Gasteiger charge is -2.18. The molecule has 100 valence electrons. The maximum absolute atomic E-state index is 12.2. The molecular weight excluding hydrogens is 270 g/mol. The third-order valence-electron chi connectivity index (χ3n) is 2.32. The maximum Gasteiger partial charge on any atom is 0.244 e. The Bertz CT molecular complexity index is 524. The zero-order valence-electron chi connectivity index (χ0n) is 10.6. The van der Waals surface area contributed by atoms with E-state index in [1.165, 1.54) is 22.6 Å². The fourth-order valence-corrected chi connectivity index (χ4v) is 2.87. The molecule has 0 aliphatic rings. The van der Waals surface area contributed by atoms with Gasteiger partial charge in [0.2, 0.25) is 10.0 Å². The van der Waals surface area contributed by atoms with E-state index in [9.17, 15) is 8.42 Å². The largest absolute Gasteiger partial charge is 0.388 e. The van der Waals surface area contributed by atoms with Gasteiger partial charge in [0.15, 0.2) is 0 Å². The fourth-order valence-electron chi connectivity index (χ4n) is 1.47. The highest BCUT2D eigenvalue weighted by Gasteiger charge is 2.21. The Morgan fingerprint density at radius 1 is 1.50 bits per heavy atom. The van der Waals surface area contributed by atoms with E-state index in [1.54, 1.807) is 7.05 Å². The molecule has 0 aromatic carbocycles. The monoisotopic (exact) mass is 287 g/mol. The Balaban J connectivity index is 3.02. The number of pyridine rings is 1. The number of thiocarbonyl (C=S) groups is 1. The average Bonchev–Trinajstić information content (AvgIpc) is 2.28. The molecule has 18 heavy (non-hydrogen) atoms. The van der Waals surface area contributed by atoms with Crippen molar-refractivity contribution >= 4 is 27.2 Å². The van der Waals surface area contributed by atoms with Crippen LogP contribution in [0.3, 0.4) is 0 Å². The molecule has 1 aromatic heterocycles.